The van der Waals surface area contributed by atoms with Crippen LogP contribution in [0.25, 0.3) is 0 Å². The zero-order valence-corrected chi connectivity index (χ0v) is 22.2. The normalized spacial score (nSPS) is 18.2. The van der Waals surface area contributed by atoms with Gasteiger partial charge in [0.2, 0.25) is 5.95 Å². The number of aromatic nitrogens is 2. The van der Waals surface area contributed by atoms with Crippen molar-refractivity contribution in [1.82, 2.24) is 30.0 Å². The second-order valence-electron chi connectivity index (χ2n) is 8.59. The maximum atomic E-state index is 4.92. The first-order valence-corrected chi connectivity index (χ1v) is 11.7. The molecule has 2 aliphatic heterocycles. The molecule has 0 spiro atoms. The van der Waals surface area contributed by atoms with Gasteiger partial charge in [0, 0.05) is 77.8 Å². The van der Waals surface area contributed by atoms with Gasteiger partial charge in [0.15, 0.2) is 5.96 Å². The van der Waals surface area contributed by atoms with Crippen molar-refractivity contribution in [3.63, 3.8) is 0 Å². The second kappa shape index (κ2) is 13.0. The van der Waals surface area contributed by atoms with Crippen LogP contribution < -0.4 is 10.2 Å². The number of aliphatic imine (C=N–C) groups is 1. The van der Waals surface area contributed by atoms with Crippen molar-refractivity contribution in [2.45, 2.75) is 20.0 Å². The van der Waals surface area contributed by atoms with E-state index in [0.717, 1.165) is 77.4 Å². The molecule has 4 rings (SSSR count). The van der Waals surface area contributed by atoms with Crippen LogP contribution in [0.3, 0.4) is 0 Å². The lowest BCUT2D eigenvalue weighted by Crippen LogP contribution is -2.52. The summed E-state index contributed by atoms with van der Waals surface area (Å²) in [5, 5.41) is 3.46. The van der Waals surface area contributed by atoms with Crippen LogP contribution in [0.15, 0.2) is 47.7 Å². The predicted molar refractivity (Wildman–Crippen MR) is 145 cm³/mol. The Morgan fingerprint density at radius 1 is 0.909 bits per heavy atom. The average molecular weight is 565 g/mol. The highest BCUT2D eigenvalue weighted by Crippen LogP contribution is 2.12. The van der Waals surface area contributed by atoms with Gasteiger partial charge < -0.3 is 20.0 Å². The fourth-order valence-corrected chi connectivity index (χ4v) is 4.18. The van der Waals surface area contributed by atoms with Crippen molar-refractivity contribution < 1.29 is 0 Å². The smallest absolute Gasteiger partial charge is 0.225 e. The Morgan fingerprint density at radius 2 is 1.55 bits per heavy atom. The van der Waals surface area contributed by atoms with E-state index in [-0.39, 0.29) is 24.0 Å². The summed E-state index contributed by atoms with van der Waals surface area (Å²) in [5.74, 6) is 1.80. The third-order valence-corrected chi connectivity index (χ3v) is 6.19. The molecule has 8 nitrogen and oxygen atoms in total. The monoisotopic (exact) mass is 564 g/mol. The number of anilines is 1. The maximum Gasteiger partial charge on any atom is 0.225 e. The minimum atomic E-state index is 0. The molecule has 0 unspecified atom stereocenters. The van der Waals surface area contributed by atoms with Crippen molar-refractivity contribution in [3.05, 3.63) is 53.9 Å². The lowest BCUT2D eigenvalue weighted by molar-refractivity contribution is 0.148. The van der Waals surface area contributed by atoms with Gasteiger partial charge in [0.05, 0.1) is 6.54 Å². The van der Waals surface area contributed by atoms with E-state index in [9.17, 15) is 0 Å². The molecule has 0 atom stereocenters. The van der Waals surface area contributed by atoms with Gasteiger partial charge in [-0.15, -0.1) is 24.0 Å². The first-order chi connectivity index (χ1) is 15.7. The zero-order chi connectivity index (χ0) is 22.2. The number of hydrogen-bond acceptors (Lipinski definition) is 6. The van der Waals surface area contributed by atoms with E-state index in [1.807, 2.05) is 6.07 Å². The SMILES string of the molecule is CCNC(=NCc1ccc(CN2CCN(C)CC2)cc1)N1CCN(c2ncccn2)CC1.I. The van der Waals surface area contributed by atoms with E-state index in [4.69, 9.17) is 4.99 Å². The summed E-state index contributed by atoms with van der Waals surface area (Å²) < 4.78 is 0. The largest absolute Gasteiger partial charge is 0.357 e. The van der Waals surface area contributed by atoms with Crippen molar-refractivity contribution in [2.75, 3.05) is 70.9 Å². The molecule has 2 aliphatic rings. The first-order valence-electron chi connectivity index (χ1n) is 11.7. The summed E-state index contributed by atoms with van der Waals surface area (Å²) in [6.45, 7) is 13.0. The van der Waals surface area contributed by atoms with Crippen LogP contribution in [0.2, 0.25) is 0 Å². The Kier molecular flexibility index (Phi) is 10.1. The zero-order valence-electron chi connectivity index (χ0n) is 19.9. The van der Waals surface area contributed by atoms with E-state index in [1.54, 1.807) is 12.4 Å². The average Bonchev–Trinajstić information content (AvgIpc) is 2.85. The van der Waals surface area contributed by atoms with E-state index in [2.05, 4.69) is 73.1 Å². The van der Waals surface area contributed by atoms with Crippen LogP contribution in [0.4, 0.5) is 5.95 Å². The second-order valence-corrected chi connectivity index (χ2v) is 8.59. The number of nitrogens with zero attached hydrogens (tertiary/aromatic N) is 7. The van der Waals surface area contributed by atoms with Crippen molar-refractivity contribution in [2.24, 2.45) is 4.99 Å². The molecule has 1 aromatic heterocycles. The van der Waals surface area contributed by atoms with Crippen LogP contribution in [0.1, 0.15) is 18.1 Å². The van der Waals surface area contributed by atoms with Gasteiger partial charge in [-0.3, -0.25) is 4.90 Å². The molecule has 1 N–H and O–H groups in total. The van der Waals surface area contributed by atoms with Gasteiger partial charge in [0.25, 0.3) is 0 Å². The molecule has 0 amide bonds. The van der Waals surface area contributed by atoms with Crippen molar-refractivity contribution in [3.8, 4) is 0 Å². The third-order valence-electron chi connectivity index (χ3n) is 6.19. The molecular weight excluding hydrogens is 527 g/mol. The fourth-order valence-electron chi connectivity index (χ4n) is 4.18. The molecule has 180 valence electrons. The minimum Gasteiger partial charge on any atom is -0.357 e. The minimum absolute atomic E-state index is 0. The van der Waals surface area contributed by atoms with E-state index in [0.29, 0.717) is 6.54 Å². The topological polar surface area (TPSA) is 63.1 Å². The molecule has 0 radical (unpaired) electrons. The fraction of sp³-hybridized carbons (Fsp3) is 0.542. The quantitative estimate of drug-likeness (QED) is 0.328. The summed E-state index contributed by atoms with van der Waals surface area (Å²) in [7, 11) is 2.20. The summed E-state index contributed by atoms with van der Waals surface area (Å²) in [5.41, 5.74) is 2.63. The number of guanidine groups is 1. The number of hydrogen-bond donors (Lipinski definition) is 1. The Morgan fingerprint density at radius 3 is 2.18 bits per heavy atom. The molecule has 0 bridgehead atoms. The first kappa shape index (κ1) is 25.6. The van der Waals surface area contributed by atoms with Gasteiger partial charge in [-0.2, -0.15) is 0 Å². The van der Waals surface area contributed by atoms with Crippen molar-refractivity contribution in [1.29, 1.82) is 0 Å². The molecule has 2 fully saturated rings. The van der Waals surface area contributed by atoms with E-state index >= 15 is 0 Å². The Hall–Kier alpha value is -1.98. The number of piperazine rings is 2. The van der Waals surface area contributed by atoms with Gasteiger partial charge in [-0.25, -0.2) is 15.0 Å². The van der Waals surface area contributed by atoms with Crippen LogP contribution in [-0.4, -0.2) is 96.6 Å². The lowest BCUT2D eigenvalue weighted by Gasteiger charge is -2.36. The lowest BCUT2D eigenvalue weighted by atomic mass is 10.1. The summed E-state index contributed by atoms with van der Waals surface area (Å²) in [6, 6.07) is 10.8. The molecule has 2 saturated heterocycles. The number of nitrogens with one attached hydrogen (secondary N) is 1. The van der Waals surface area contributed by atoms with Gasteiger partial charge in [0.1, 0.15) is 0 Å². The molecule has 33 heavy (non-hydrogen) atoms. The molecule has 1 aromatic carbocycles. The summed E-state index contributed by atoms with van der Waals surface area (Å²) >= 11 is 0. The molecule has 2 aromatic rings. The standard InChI is InChI=1S/C24H36N8.HI/c1-3-25-23(31-15-17-32(18-16-31)24-26-9-4-10-27-24)28-19-21-5-7-22(8-6-21)20-30-13-11-29(2)12-14-30;/h4-10H,3,11-20H2,1-2H3,(H,25,28);1H. The number of rotatable bonds is 6. The van der Waals surface area contributed by atoms with Gasteiger partial charge in [-0.05, 0) is 31.2 Å². The highest BCUT2D eigenvalue weighted by Gasteiger charge is 2.21. The molecule has 3 heterocycles. The van der Waals surface area contributed by atoms with Crippen molar-refractivity contribution >= 4 is 35.9 Å². The predicted octanol–water partition coefficient (Wildman–Crippen LogP) is 2.13. The molecule has 9 heteroatoms. The Balaban J connectivity index is 0.00000306. The third kappa shape index (κ3) is 7.51. The number of halogens is 1. The Bertz CT molecular complexity index is 845. The van der Waals surface area contributed by atoms with Gasteiger partial charge in [-0.1, -0.05) is 24.3 Å². The Labute approximate surface area is 215 Å². The van der Waals surface area contributed by atoms with E-state index < -0.39 is 0 Å². The number of likely N-dealkylation sites (N-methyl/N-ethyl adjacent to an activating group) is 1. The van der Waals surface area contributed by atoms with Crippen LogP contribution in [-0.2, 0) is 13.1 Å². The molecule has 0 saturated carbocycles. The highest BCUT2D eigenvalue weighted by molar-refractivity contribution is 14.0. The van der Waals surface area contributed by atoms with Gasteiger partial charge >= 0.3 is 0 Å². The highest BCUT2D eigenvalue weighted by atomic mass is 127. The molecular formula is C24H37IN8. The van der Waals surface area contributed by atoms with Crippen LogP contribution in [0.5, 0.6) is 0 Å². The van der Waals surface area contributed by atoms with E-state index in [1.165, 1.54) is 11.1 Å². The molecule has 0 aliphatic carbocycles. The van der Waals surface area contributed by atoms with Crippen LogP contribution >= 0.6 is 24.0 Å². The maximum absolute atomic E-state index is 4.92. The summed E-state index contributed by atoms with van der Waals surface area (Å²) in [4.78, 5) is 23.2. The number of benzene rings is 1. The van der Waals surface area contributed by atoms with Crippen LogP contribution in [0, 0.1) is 0 Å². The summed E-state index contributed by atoms with van der Waals surface area (Å²) in [6.07, 6.45) is 3.60.